The normalized spacial score (nSPS) is 8.50. The van der Waals surface area contributed by atoms with Gasteiger partial charge in [-0.25, -0.2) is 4.79 Å². The van der Waals surface area contributed by atoms with E-state index < -0.39 is 0 Å². The second-order valence-electron chi connectivity index (χ2n) is 1.72. The Balaban J connectivity index is 0.000000810. The van der Waals surface area contributed by atoms with Crippen LogP contribution in [-0.4, -0.2) is 9.55 Å². The van der Waals surface area contributed by atoms with Gasteiger partial charge in [0.2, 0.25) is 0 Å². The van der Waals surface area contributed by atoms with Crippen molar-refractivity contribution in [2.45, 2.75) is 0 Å². The number of aromatic amines is 1. The van der Waals surface area contributed by atoms with Gasteiger partial charge in [-0.1, -0.05) is 0 Å². The Kier molecular flexibility index (Phi) is 3.08. The van der Waals surface area contributed by atoms with Gasteiger partial charge >= 0.3 is 5.69 Å². The van der Waals surface area contributed by atoms with Crippen LogP contribution in [0.25, 0.3) is 0 Å². The number of H-pyrrole nitrogens is 1. The van der Waals surface area contributed by atoms with Gasteiger partial charge in [-0.3, -0.25) is 9.78 Å². The first-order valence-electron chi connectivity index (χ1n) is 2.46. The Morgan fingerprint density at radius 3 is 2.50 bits per heavy atom. The average Bonchev–Trinajstić information content (AvgIpc) is 1.80. The molecule has 1 aromatic heterocycles. The van der Waals surface area contributed by atoms with Crippen molar-refractivity contribution in [1.82, 2.24) is 9.55 Å². The van der Waals surface area contributed by atoms with Crippen LogP contribution in [-0.2, 0) is 7.05 Å². The van der Waals surface area contributed by atoms with Crippen LogP contribution in [0.1, 0.15) is 0 Å². The second kappa shape index (κ2) is 3.36. The molecule has 1 N–H and O–H groups in total. The maximum Gasteiger partial charge on any atom is 0.328 e. The Labute approximate surface area is 67.3 Å². The minimum absolute atomic E-state index is 0. The molecule has 5 heteroatoms. The molecule has 0 radical (unpaired) electrons. The molecule has 0 aliphatic heterocycles. The van der Waals surface area contributed by atoms with Crippen LogP contribution in [0.3, 0.4) is 0 Å². The zero-order chi connectivity index (χ0) is 6.85. The van der Waals surface area contributed by atoms with Crippen LogP contribution < -0.4 is 11.2 Å². The lowest BCUT2D eigenvalue weighted by Gasteiger charge is -1.89. The van der Waals surface area contributed by atoms with E-state index in [9.17, 15) is 9.59 Å². The van der Waals surface area contributed by atoms with Gasteiger partial charge in [0.15, 0.2) is 0 Å². The van der Waals surface area contributed by atoms with Crippen LogP contribution in [0.15, 0.2) is 21.9 Å². The van der Waals surface area contributed by atoms with Crippen LogP contribution in [0, 0.1) is 0 Å². The summed E-state index contributed by atoms with van der Waals surface area (Å²) in [6.45, 7) is 0. The quantitative estimate of drug-likeness (QED) is 0.632. The van der Waals surface area contributed by atoms with Crippen LogP contribution in [0.5, 0.6) is 0 Å². The first-order chi connectivity index (χ1) is 4.20. The summed E-state index contributed by atoms with van der Waals surface area (Å²) in [6.07, 6.45) is 1.42. The average molecular weight is 207 g/mol. The maximum absolute atomic E-state index is 10.5. The molecule has 1 rings (SSSR count). The molecular formula is C5H7BrN2O2. The van der Waals surface area contributed by atoms with Crippen molar-refractivity contribution in [3.05, 3.63) is 33.1 Å². The number of aryl methyl sites for hydroxylation is 1. The molecule has 1 aromatic rings. The summed E-state index contributed by atoms with van der Waals surface area (Å²) in [7, 11) is 1.57. The fourth-order valence-electron chi connectivity index (χ4n) is 0.482. The van der Waals surface area contributed by atoms with Crippen molar-refractivity contribution in [2.24, 2.45) is 7.05 Å². The van der Waals surface area contributed by atoms with Crippen molar-refractivity contribution in [1.29, 1.82) is 0 Å². The lowest BCUT2D eigenvalue weighted by Crippen LogP contribution is -2.26. The Bertz CT molecular complexity index is 314. The molecular weight excluding hydrogens is 200 g/mol. The lowest BCUT2D eigenvalue weighted by atomic mass is 10.6. The van der Waals surface area contributed by atoms with Crippen molar-refractivity contribution in [2.75, 3.05) is 0 Å². The third-order valence-corrected chi connectivity index (χ3v) is 1.000. The number of aromatic nitrogens is 2. The molecule has 0 aromatic carbocycles. The molecule has 0 bridgehead atoms. The molecule has 0 saturated heterocycles. The predicted molar refractivity (Wildman–Crippen MR) is 42.6 cm³/mol. The monoisotopic (exact) mass is 206 g/mol. The minimum Gasteiger partial charge on any atom is -0.304 e. The smallest absolute Gasteiger partial charge is 0.304 e. The van der Waals surface area contributed by atoms with Crippen LogP contribution in [0.2, 0.25) is 0 Å². The van der Waals surface area contributed by atoms with Crippen LogP contribution in [0.4, 0.5) is 0 Å². The van der Waals surface area contributed by atoms with Gasteiger partial charge in [0, 0.05) is 19.3 Å². The van der Waals surface area contributed by atoms with E-state index >= 15 is 0 Å². The predicted octanol–water partition coefficient (Wildman–Crippen LogP) is -0.348. The standard InChI is InChI=1S/C5H6N2O2.BrH/c1-7-3-2-4(8)6-5(7)9;/h2-3H,1H3,(H,6,8,9);1H. The van der Waals surface area contributed by atoms with Gasteiger partial charge in [0.05, 0.1) is 0 Å². The SMILES string of the molecule is Br.Cn1ccc(=O)[nH]c1=O. The number of hydrogen-bond donors (Lipinski definition) is 1. The van der Waals surface area contributed by atoms with Gasteiger partial charge < -0.3 is 4.57 Å². The van der Waals surface area contributed by atoms with Crippen LogP contribution >= 0.6 is 17.0 Å². The number of nitrogens with one attached hydrogen (secondary N) is 1. The summed E-state index contributed by atoms with van der Waals surface area (Å²) in [5, 5.41) is 0. The first-order valence-corrected chi connectivity index (χ1v) is 2.46. The van der Waals surface area contributed by atoms with Crippen molar-refractivity contribution in [3.63, 3.8) is 0 Å². The van der Waals surface area contributed by atoms with Gasteiger partial charge in [-0.2, -0.15) is 0 Å². The van der Waals surface area contributed by atoms with E-state index in [0.717, 1.165) is 0 Å². The summed E-state index contributed by atoms with van der Waals surface area (Å²) in [5.41, 5.74) is -0.749. The fraction of sp³-hybridized carbons (Fsp3) is 0.200. The zero-order valence-electron chi connectivity index (χ0n) is 5.33. The molecule has 0 fully saturated rings. The summed E-state index contributed by atoms with van der Waals surface area (Å²) >= 11 is 0. The van der Waals surface area contributed by atoms with Gasteiger partial charge in [0.1, 0.15) is 0 Å². The molecule has 0 aliphatic carbocycles. The van der Waals surface area contributed by atoms with E-state index in [1.807, 2.05) is 0 Å². The van der Waals surface area contributed by atoms with E-state index in [1.165, 1.54) is 16.8 Å². The molecule has 0 amide bonds. The van der Waals surface area contributed by atoms with Gasteiger partial charge in [0.25, 0.3) is 5.56 Å². The largest absolute Gasteiger partial charge is 0.328 e. The molecule has 0 atom stereocenters. The summed E-state index contributed by atoms with van der Waals surface area (Å²) in [6, 6.07) is 1.29. The van der Waals surface area contributed by atoms with Crippen molar-refractivity contribution in [3.8, 4) is 0 Å². The first kappa shape index (κ1) is 9.16. The van der Waals surface area contributed by atoms with E-state index in [-0.39, 0.29) is 28.2 Å². The topological polar surface area (TPSA) is 54.9 Å². The number of hydrogen-bond acceptors (Lipinski definition) is 2. The summed E-state index contributed by atoms with van der Waals surface area (Å²) in [5.74, 6) is 0. The summed E-state index contributed by atoms with van der Waals surface area (Å²) in [4.78, 5) is 23.0. The summed E-state index contributed by atoms with van der Waals surface area (Å²) < 4.78 is 1.29. The van der Waals surface area contributed by atoms with E-state index in [1.54, 1.807) is 7.05 Å². The lowest BCUT2D eigenvalue weighted by molar-refractivity contribution is 0.799. The zero-order valence-corrected chi connectivity index (χ0v) is 7.04. The second-order valence-corrected chi connectivity index (χ2v) is 1.72. The highest BCUT2D eigenvalue weighted by Crippen LogP contribution is 1.61. The Hall–Kier alpha value is -0.840. The van der Waals surface area contributed by atoms with E-state index in [0.29, 0.717) is 0 Å². The maximum atomic E-state index is 10.5. The highest BCUT2D eigenvalue weighted by Gasteiger charge is 1.85. The Morgan fingerprint density at radius 2 is 2.10 bits per heavy atom. The number of nitrogens with zero attached hydrogens (tertiary/aromatic N) is 1. The highest BCUT2D eigenvalue weighted by atomic mass is 79.9. The molecule has 10 heavy (non-hydrogen) atoms. The highest BCUT2D eigenvalue weighted by molar-refractivity contribution is 8.93. The van der Waals surface area contributed by atoms with Crippen molar-refractivity contribution < 1.29 is 0 Å². The molecule has 0 spiro atoms. The molecule has 4 nitrogen and oxygen atoms in total. The third-order valence-electron chi connectivity index (χ3n) is 1.000. The fourth-order valence-corrected chi connectivity index (χ4v) is 0.482. The number of rotatable bonds is 0. The van der Waals surface area contributed by atoms with E-state index in [4.69, 9.17) is 0 Å². The van der Waals surface area contributed by atoms with Crippen molar-refractivity contribution >= 4 is 17.0 Å². The molecule has 1 heterocycles. The molecule has 56 valence electrons. The Morgan fingerprint density at radius 1 is 1.50 bits per heavy atom. The van der Waals surface area contributed by atoms with Gasteiger partial charge in [-0.15, -0.1) is 17.0 Å². The minimum atomic E-state index is -0.387. The number of halogens is 1. The van der Waals surface area contributed by atoms with Gasteiger partial charge in [-0.05, 0) is 0 Å². The molecule has 0 saturated carbocycles. The third kappa shape index (κ3) is 1.84. The molecule has 0 aliphatic rings. The van der Waals surface area contributed by atoms with E-state index in [2.05, 4.69) is 4.98 Å². The molecule has 0 unspecified atom stereocenters.